The molecule has 106 valence electrons. The van der Waals surface area contributed by atoms with E-state index in [0.717, 1.165) is 22.6 Å². The molecule has 0 unspecified atom stereocenters. The van der Waals surface area contributed by atoms with Crippen LogP contribution in [0.1, 0.15) is 18.1 Å². The second-order valence-electron chi connectivity index (χ2n) is 4.53. The van der Waals surface area contributed by atoms with Crippen LogP contribution in [0, 0.1) is 12.7 Å². The predicted octanol–water partition coefficient (Wildman–Crippen LogP) is 4.91. The van der Waals surface area contributed by atoms with Gasteiger partial charge in [-0.15, -0.1) is 0 Å². The lowest BCUT2D eigenvalue weighted by molar-refractivity contribution is 0.341. The molecule has 0 radical (unpaired) electrons. The van der Waals surface area contributed by atoms with Crippen LogP contribution in [0.2, 0.25) is 0 Å². The van der Waals surface area contributed by atoms with Crippen molar-refractivity contribution in [3.8, 4) is 5.75 Å². The lowest BCUT2D eigenvalue weighted by Gasteiger charge is -2.13. The van der Waals surface area contributed by atoms with E-state index in [0.29, 0.717) is 17.6 Å². The van der Waals surface area contributed by atoms with Crippen LogP contribution in [0.15, 0.2) is 40.9 Å². The van der Waals surface area contributed by atoms with Gasteiger partial charge in [-0.1, -0.05) is 12.1 Å². The van der Waals surface area contributed by atoms with Crippen molar-refractivity contribution in [3.05, 3.63) is 57.8 Å². The van der Waals surface area contributed by atoms with E-state index in [1.807, 2.05) is 38.1 Å². The van der Waals surface area contributed by atoms with Crippen molar-refractivity contribution in [2.24, 2.45) is 0 Å². The Morgan fingerprint density at radius 1 is 1.20 bits per heavy atom. The summed E-state index contributed by atoms with van der Waals surface area (Å²) < 4.78 is 19.5. The molecule has 0 heterocycles. The molecule has 0 atom stereocenters. The standard InChI is InChI=1S/C16H17BrFNO/c1-3-20-16-8-11(2)4-7-15(16)19-10-12-5-6-13(17)14(18)9-12/h4-9,19H,3,10H2,1-2H3. The van der Waals surface area contributed by atoms with E-state index in [1.54, 1.807) is 6.07 Å². The molecule has 2 aromatic carbocycles. The van der Waals surface area contributed by atoms with E-state index in [-0.39, 0.29) is 5.82 Å². The number of rotatable bonds is 5. The highest BCUT2D eigenvalue weighted by Gasteiger charge is 2.05. The zero-order valence-electron chi connectivity index (χ0n) is 11.5. The van der Waals surface area contributed by atoms with Crippen LogP contribution >= 0.6 is 15.9 Å². The number of anilines is 1. The van der Waals surface area contributed by atoms with Crippen molar-refractivity contribution in [3.63, 3.8) is 0 Å². The van der Waals surface area contributed by atoms with Gasteiger partial charge in [-0.05, 0) is 65.2 Å². The van der Waals surface area contributed by atoms with E-state index in [1.165, 1.54) is 6.07 Å². The van der Waals surface area contributed by atoms with Gasteiger partial charge in [-0.2, -0.15) is 0 Å². The Balaban J connectivity index is 2.11. The molecule has 20 heavy (non-hydrogen) atoms. The molecule has 0 saturated heterocycles. The maximum Gasteiger partial charge on any atom is 0.142 e. The van der Waals surface area contributed by atoms with Crippen molar-refractivity contribution in [1.29, 1.82) is 0 Å². The first kappa shape index (κ1) is 14.9. The maximum atomic E-state index is 13.5. The first-order valence-electron chi connectivity index (χ1n) is 6.51. The molecular formula is C16H17BrFNO. The second kappa shape index (κ2) is 6.75. The minimum Gasteiger partial charge on any atom is -0.492 e. The van der Waals surface area contributed by atoms with Gasteiger partial charge >= 0.3 is 0 Å². The number of ether oxygens (including phenoxy) is 1. The Morgan fingerprint density at radius 3 is 2.70 bits per heavy atom. The van der Waals surface area contributed by atoms with Crippen LogP contribution in [0.3, 0.4) is 0 Å². The second-order valence-corrected chi connectivity index (χ2v) is 5.39. The van der Waals surface area contributed by atoms with Gasteiger partial charge in [-0.3, -0.25) is 0 Å². The molecule has 0 aliphatic carbocycles. The Kier molecular flexibility index (Phi) is 5.01. The fourth-order valence-electron chi connectivity index (χ4n) is 1.90. The van der Waals surface area contributed by atoms with E-state index in [9.17, 15) is 4.39 Å². The molecule has 2 nitrogen and oxygen atoms in total. The summed E-state index contributed by atoms with van der Waals surface area (Å²) in [6.45, 7) is 5.14. The molecule has 0 aliphatic rings. The molecule has 4 heteroatoms. The Bertz CT molecular complexity index is 601. The summed E-state index contributed by atoms with van der Waals surface area (Å²) in [6, 6.07) is 11.1. The Hall–Kier alpha value is -1.55. The minimum atomic E-state index is -0.252. The highest BCUT2D eigenvalue weighted by molar-refractivity contribution is 9.10. The Morgan fingerprint density at radius 2 is 2.00 bits per heavy atom. The van der Waals surface area contributed by atoms with Gasteiger partial charge in [0, 0.05) is 6.54 Å². The fourth-order valence-corrected chi connectivity index (χ4v) is 2.14. The molecule has 0 aromatic heterocycles. The molecule has 0 spiro atoms. The van der Waals surface area contributed by atoms with Crippen LogP contribution < -0.4 is 10.1 Å². The van der Waals surface area contributed by atoms with E-state index >= 15 is 0 Å². The van der Waals surface area contributed by atoms with Crippen LogP contribution in [-0.2, 0) is 6.54 Å². The van der Waals surface area contributed by atoms with E-state index in [4.69, 9.17) is 4.74 Å². The summed E-state index contributed by atoms with van der Waals surface area (Å²) in [5.41, 5.74) is 2.95. The first-order chi connectivity index (χ1) is 9.60. The van der Waals surface area contributed by atoms with Gasteiger partial charge in [0.05, 0.1) is 16.8 Å². The molecule has 0 bridgehead atoms. The largest absolute Gasteiger partial charge is 0.492 e. The van der Waals surface area contributed by atoms with Crippen molar-refractivity contribution >= 4 is 21.6 Å². The topological polar surface area (TPSA) is 21.3 Å². The van der Waals surface area contributed by atoms with Crippen LogP contribution in [0.25, 0.3) is 0 Å². The van der Waals surface area contributed by atoms with Gasteiger partial charge in [0.1, 0.15) is 11.6 Å². The third kappa shape index (κ3) is 3.73. The smallest absolute Gasteiger partial charge is 0.142 e. The lowest BCUT2D eigenvalue weighted by Crippen LogP contribution is -2.03. The third-order valence-electron chi connectivity index (χ3n) is 2.90. The zero-order chi connectivity index (χ0) is 14.5. The number of nitrogens with one attached hydrogen (secondary N) is 1. The molecule has 0 saturated carbocycles. The van der Waals surface area contributed by atoms with Crippen molar-refractivity contribution in [1.82, 2.24) is 0 Å². The Labute approximate surface area is 127 Å². The van der Waals surface area contributed by atoms with E-state index in [2.05, 4.69) is 21.2 Å². The summed E-state index contributed by atoms with van der Waals surface area (Å²) in [6.07, 6.45) is 0. The molecule has 2 aromatic rings. The minimum absolute atomic E-state index is 0.252. The van der Waals surface area contributed by atoms with Gasteiger partial charge in [0.15, 0.2) is 0 Å². The van der Waals surface area contributed by atoms with Crippen molar-refractivity contribution in [2.45, 2.75) is 20.4 Å². The third-order valence-corrected chi connectivity index (χ3v) is 3.55. The summed E-state index contributed by atoms with van der Waals surface area (Å²) in [5.74, 6) is 0.573. The summed E-state index contributed by atoms with van der Waals surface area (Å²) in [5, 5.41) is 3.28. The van der Waals surface area contributed by atoms with E-state index < -0.39 is 0 Å². The van der Waals surface area contributed by atoms with Gasteiger partial charge in [0.2, 0.25) is 0 Å². The van der Waals surface area contributed by atoms with Gasteiger partial charge in [0.25, 0.3) is 0 Å². The van der Waals surface area contributed by atoms with Gasteiger partial charge < -0.3 is 10.1 Å². The normalized spacial score (nSPS) is 10.4. The number of hydrogen-bond acceptors (Lipinski definition) is 2. The zero-order valence-corrected chi connectivity index (χ0v) is 13.1. The molecule has 0 aliphatic heterocycles. The average Bonchev–Trinajstić information content (AvgIpc) is 2.42. The molecule has 0 fully saturated rings. The first-order valence-corrected chi connectivity index (χ1v) is 7.30. The van der Waals surface area contributed by atoms with Crippen LogP contribution in [-0.4, -0.2) is 6.61 Å². The molecule has 1 N–H and O–H groups in total. The molecule has 2 rings (SSSR count). The SMILES string of the molecule is CCOc1cc(C)ccc1NCc1ccc(Br)c(F)c1. The summed E-state index contributed by atoms with van der Waals surface area (Å²) >= 11 is 3.15. The monoisotopic (exact) mass is 337 g/mol. The summed E-state index contributed by atoms with van der Waals surface area (Å²) in [4.78, 5) is 0. The number of aryl methyl sites for hydroxylation is 1. The molecule has 0 amide bonds. The predicted molar refractivity (Wildman–Crippen MR) is 83.8 cm³/mol. The quantitative estimate of drug-likeness (QED) is 0.837. The van der Waals surface area contributed by atoms with Crippen molar-refractivity contribution in [2.75, 3.05) is 11.9 Å². The van der Waals surface area contributed by atoms with Crippen molar-refractivity contribution < 1.29 is 9.13 Å². The summed E-state index contributed by atoms with van der Waals surface area (Å²) in [7, 11) is 0. The number of hydrogen-bond donors (Lipinski definition) is 1. The average molecular weight is 338 g/mol. The number of halogens is 2. The fraction of sp³-hybridized carbons (Fsp3) is 0.250. The highest BCUT2D eigenvalue weighted by atomic mass is 79.9. The highest BCUT2D eigenvalue weighted by Crippen LogP contribution is 2.26. The lowest BCUT2D eigenvalue weighted by atomic mass is 10.2. The van der Waals surface area contributed by atoms with Crippen LogP contribution in [0.5, 0.6) is 5.75 Å². The van der Waals surface area contributed by atoms with Gasteiger partial charge in [-0.25, -0.2) is 4.39 Å². The van der Waals surface area contributed by atoms with Crippen LogP contribution in [0.4, 0.5) is 10.1 Å². The number of benzene rings is 2. The maximum absolute atomic E-state index is 13.5. The molecular weight excluding hydrogens is 321 g/mol.